The van der Waals surface area contributed by atoms with Crippen molar-refractivity contribution < 1.29 is 31.8 Å². The average molecular weight is 378 g/mol. The second kappa shape index (κ2) is 9.21. The minimum Gasteiger partial charge on any atom is -0.426 e. The molecular formula is C17H22F4O3Si. The number of esters is 1. The fraction of sp³-hybridized carbons (Fsp3) is 0.588. The zero-order valence-corrected chi connectivity index (χ0v) is 15.0. The molecule has 2 rings (SSSR count). The molecule has 1 aliphatic rings. The number of hydrogen-bond donors (Lipinski definition) is 0. The molecule has 0 spiro atoms. The highest BCUT2D eigenvalue weighted by atomic mass is 28.3. The summed E-state index contributed by atoms with van der Waals surface area (Å²) in [4.78, 5) is 12.2. The van der Waals surface area contributed by atoms with E-state index >= 15 is 0 Å². The van der Waals surface area contributed by atoms with Crippen LogP contribution in [-0.2, 0) is 4.79 Å². The molecule has 0 aromatic heterocycles. The lowest BCUT2D eigenvalue weighted by atomic mass is 10.0. The lowest BCUT2D eigenvalue weighted by Gasteiger charge is -2.26. The molecule has 0 radical (unpaired) electrons. The second-order valence-corrected chi connectivity index (χ2v) is 9.81. The fourth-order valence-electron chi connectivity index (χ4n) is 3.12. The molecule has 0 aliphatic carbocycles. The van der Waals surface area contributed by atoms with Gasteiger partial charge in [0.05, 0.1) is 12.6 Å². The van der Waals surface area contributed by atoms with Gasteiger partial charge in [0.1, 0.15) is 11.5 Å². The van der Waals surface area contributed by atoms with E-state index < -0.39 is 15.2 Å². The Morgan fingerprint density at radius 1 is 1.08 bits per heavy atom. The van der Waals surface area contributed by atoms with Gasteiger partial charge in [0.2, 0.25) is 0 Å². The summed E-state index contributed by atoms with van der Waals surface area (Å²) in [5, 5.41) is 0. The number of alkyl halides is 4. The molecule has 25 heavy (non-hydrogen) atoms. The Balaban J connectivity index is 1.77. The van der Waals surface area contributed by atoms with Gasteiger partial charge in [0.25, 0.3) is 0 Å². The maximum absolute atomic E-state index is 12.2. The van der Waals surface area contributed by atoms with Crippen molar-refractivity contribution in [1.82, 2.24) is 0 Å². The molecule has 0 unspecified atom stereocenters. The van der Waals surface area contributed by atoms with Crippen LogP contribution in [0, 0.1) is 5.92 Å². The van der Waals surface area contributed by atoms with Gasteiger partial charge in [-0.05, 0) is 43.5 Å². The van der Waals surface area contributed by atoms with E-state index in [1.807, 2.05) is 0 Å². The first-order valence-electron chi connectivity index (χ1n) is 8.51. The van der Waals surface area contributed by atoms with Crippen molar-refractivity contribution in [3.8, 4) is 11.5 Å². The van der Waals surface area contributed by atoms with Gasteiger partial charge in [-0.1, -0.05) is 24.6 Å². The maximum Gasteiger partial charge on any atom is 0.573 e. The summed E-state index contributed by atoms with van der Waals surface area (Å²) in [5.41, 5.74) is 0. The summed E-state index contributed by atoms with van der Waals surface area (Å²) < 4.78 is 57.5. The number of benzene rings is 1. The van der Waals surface area contributed by atoms with Crippen LogP contribution >= 0.6 is 0 Å². The molecular weight excluding hydrogens is 356 g/mol. The van der Waals surface area contributed by atoms with E-state index in [4.69, 9.17) is 4.74 Å². The Kier molecular flexibility index (Phi) is 7.28. The van der Waals surface area contributed by atoms with Crippen molar-refractivity contribution in [1.29, 1.82) is 0 Å². The first-order chi connectivity index (χ1) is 11.9. The number of hydrogen-bond acceptors (Lipinski definition) is 3. The van der Waals surface area contributed by atoms with Gasteiger partial charge in [0, 0.05) is 8.80 Å². The van der Waals surface area contributed by atoms with E-state index in [0.717, 1.165) is 49.5 Å². The average Bonchev–Trinajstić information content (AvgIpc) is 2.56. The molecule has 1 heterocycles. The fourth-order valence-corrected chi connectivity index (χ4v) is 6.60. The Bertz CT molecular complexity index is 540. The smallest absolute Gasteiger partial charge is 0.426 e. The lowest BCUT2D eigenvalue weighted by molar-refractivity contribution is -0.274. The molecule has 0 amide bonds. The summed E-state index contributed by atoms with van der Waals surface area (Å²) in [6.07, 6.45) is -1.59. The normalized spacial score (nSPS) is 21.0. The van der Waals surface area contributed by atoms with Crippen molar-refractivity contribution in [3.05, 3.63) is 24.3 Å². The van der Waals surface area contributed by atoms with Crippen LogP contribution in [0.25, 0.3) is 0 Å². The summed E-state index contributed by atoms with van der Waals surface area (Å²) in [5.74, 6) is -0.634. The predicted molar refractivity (Wildman–Crippen MR) is 88.3 cm³/mol. The maximum atomic E-state index is 12.2. The lowest BCUT2D eigenvalue weighted by Crippen LogP contribution is -2.28. The molecule has 1 aromatic rings. The van der Waals surface area contributed by atoms with Crippen LogP contribution in [-0.4, -0.2) is 27.8 Å². The summed E-state index contributed by atoms with van der Waals surface area (Å²) >= 11 is 0. The SMILES string of the molecule is O=C(Oc1ccc(OC(F)(F)F)cc1)C1CC[SiH](CCCCF)CC1. The molecule has 1 saturated heterocycles. The van der Waals surface area contributed by atoms with Crippen LogP contribution in [0.2, 0.25) is 18.1 Å². The molecule has 1 aliphatic heterocycles. The van der Waals surface area contributed by atoms with Crippen molar-refractivity contribution >= 4 is 14.8 Å². The first-order valence-corrected chi connectivity index (χ1v) is 11.0. The third-order valence-corrected chi connectivity index (χ3v) is 7.98. The molecule has 0 bridgehead atoms. The third-order valence-electron chi connectivity index (χ3n) is 4.45. The Morgan fingerprint density at radius 2 is 1.68 bits per heavy atom. The van der Waals surface area contributed by atoms with E-state index in [0.29, 0.717) is 6.42 Å². The van der Waals surface area contributed by atoms with E-state index in [9.17, 15) is 22.4 Å². The molecule has 3 nitrogen and oxygen atoms in total. The highest BCUT2D eigenvalue weighted by molar-refractivity contribution is 6.59. The largest absolute Gasteiger partial charge is 0.573 e. The summed E-state index contributed by atoms with van der Waals surface area (Å²) in [7, 11) is -0.847. The molecule has 0 saturated carbocycles. The molecule has 0 atom stereocenters. The number of rotatable bonds is 7. The highest BCUT2D eigenvalue weighted by Gasteiger charge is 2.31. The van der Waals surface area contributed by atoms with Gasteiger partial charge in [-0.25, -0.2) is 0 Å². The van der Waals surface area contributed by atoms with E-state index in [1.54, 1.807) is 0 Å². The van der Waals surface area contributed by atoms with Gasteiger partial charge in [0.15, 0.2) is 0 Å². The topological polar surface area (TPSA) is 35.5 Å². The van der Waals surface area contributed by atoms with Gasteiger partial charge < -0.3 is 9.47 Å². The van der Waals surface area contributed by atoms with E-state index in [-0.39, 0.29) is 30.1 Å². The van der Waals surface area contributed by atoms with E-state index in [1.165, 1.54) is 12.1 Å². The highest BCUT2D eigenvalue weighted by Crippen LogP contribution is 2.30. The standard InChI is InChI=1S/C17H22F4O3Si/c18-9-1-2-10-25-11-7-13(8-12-25)16(22)23-14-3-5-15(6-4-14)24-17(19,20)21/h3-6,13,25H,1-2,7-12H2. The number of unbranched alkanes of at least 4 members (excludes halogenated alkanes) is 1. The van der Waals surface area contributed by atoms with Crippen molar-refractivity contribution in [2.45, 2.75) is 50.2 Å². The Morgan fingerprint density at radius 3 is 2.24 bits per heavy atom. The number of carbonyl (C=O) groups is 1. The monoisotopic (exact) mass is 378 g/mol. The van der Waals surface area contributed by atoms with Crippen molar-refractivity contribution in [3.63, 3.8) is 0 Å². The zero-order chi connectivity index (χ0) is 18.3. The van der Waals surface area contributed by atoms with Crippen LogP contribution in [0.3, 0.4) is 0 Å². The first kappa shape index (κ1) is 19.7. The molecule has 0 N–H and O–H groups in total. The summed E-state index contributed by atoms with van der Waals surface area (Å²) in [6.45, 7) is -0.261. The van der Waals surface area contributed by atoms with Gasteiger partial charge in [-0.15, -0.1) is 13.2 Å². The third kappa shape index (κ3) is 7.05. The molecule has 1 fully saturated rings. The van der Waals surface area contributed by atoms with Gasteiger partial charge >= 0.3 is 12.3 Å². The van der Waals surface area contributed by atoms with Crippen molar-refractivity contribution in [2.75, 3.05) is 6.67 Å². The minimum atomic E-state index is -4.75. The second-order valence-electron chi connectivity index (χ2n) is 6.34. The Labute approximate surface area is 145 Å². The number of ether oxygens (including phenoxy) is 2. The number of carbonyl (C=O) groups excluding carboxylic acids is 1. The van der Waals surface area contributed by atoms with Crippen LogP contribution < -0.4 is 9.47 Å². The van der Waals surface area contributed by atoms with Crippen LogP contribution in [0.5, 0.6) is 11.5 Å². The molecule has 140 valence electrons. The molecule has 1 aromatic carbocycles. The van der Waals surface area contributed by atoms with Crippen LogP contribution in [0.4, 0.5) is 17.6 Å². The predicted octanol–water partition coefficient (Wildman–Crippen LogP) is 4.88. The minimum absolute atomic E-state index is 0.156. The quantitative estimate of drug-likeness (QED) is 0.223. The molecule has 8 heteroatoms. The Hall–Kier alpha value is -1.57. The number of halogens is 4. The van der Waals surface area contributed by atoms with Gasteiger partial charge in [-0.3, -0.25) is 9.18 Å². The van der Waals surface area contributed by atoms with Gasteiger partial charge in [-0.2, -0.15) is 0 Å². The van der Waals surface area contributed by atoms with E-state index in [2.05, 4.69) is 4.74 Å². The van der Waals surface area contributed by atoms with Crippen LogP contribution in [0.15, 0.2) is 24.3 Å². The zero-order valence-electron chi connectivity index (χ0n) is 13.9. The van der Waals surface area contributed by atoms with Crippen LogP contribution in [0.1, 0.15) is 25.7 Å². The van der Waals surface area contributed by atoms with Crippen molar-refractivity contribution in [2.24, 2.45) is 5.92 Å². The summed E-state index contributed by atoms with van der Waals surface area (Å²) in [6, 6.07) is 8.06.